The van der Waals surface area contributed by atoms with E-state index in [1.807, 2.05) is 52.3 Å². The van der Waals surface area contributed by atoms with Crippen LogP contribution in [0.15, 0.2) is 76.7 Å². The van der Waals surface area contributed by atoms with Gasteiger partial charge in [-0.15, -0.1) is 12.4 Å². The highest BCUT2D eigenvalue weighted by Crippen LogP contribution is 2.24. The number of aliphatic imine (C=N–C) groups is 2. The van der Waals surface area contributed by atoms with Gasteiger partial charge < -0.3 is 20.3 Å². The Labute approximate surface area is 207 Å². The predicted octanol–water partition coefficient (Wildman–Crippen LogP) is 3.11. The van der Waals surface area contributed by atoms with Crippen LogP contribution in [0.25, 0.3) is 10.8 Å². The van der Waals surface area contributed by atoms with Crippen LogP contribution in [-0.4, -0.2) is 63.8 Å². The van der Waals surface area contributed by atoms with Crippen molar-refractivity contribution in [3.8, 4) is 0 Å². The monoisotopic (exact) mass is 497 g/mol. The normalized spacial score (nSPS) is 17.6. The molecule has 0 saturated carbocycles. The third kappa shape index (κ3) is 4.95. The average molecular weight is 498 g/mol. The van der Waals surface area contributed by atoms with Crippen LogP contribution in [0, 0.1) is 0 Å². The van der Waals surface area contributed by atoms with E-state index in [1.54, 1.807) is 12.3 Å². The molecule has 34 heavy (non-hydrogen) atoms. The number of piperazine rings is 1. The van der Waals surface area contributed by atoms with Crippen LogP contribution in [0.4, 0.5) is 5.82 Å². The minimum Gasteiger partial charge on any atom is -0.402 e. The zero-order valence-electron chi connectivity index (χ0n) is 18.0. The number of cyclic esters (lactones) is 1. The van der Waals surface area contributed by atoms with Crippen LogP contribution in [0.1, 0.15) is 5.56 Å². The fourth-order valence-electron chi connectivity index (χ4n) is 3.75. The molecule has 0 amide bonds. The predicted molar refractivity (Wildman–Crippen MR) is 133 cm³/mol. The number of hydrogen-bond donors (Lipinski definition) is 1. The van der Waals surface area contributed by atoms with Crippen LogP contribution >= 0.6 is 24.0 Å². The van der Waals surface area contributed by atoms with E-state index in [4.69, 9.17) is 22.1 Å². The number of benzene rings is 2. The highest BCUT2D eigenvalue weighted by atomic mass is 35.5. The molecule has 1 saturated heterocycles. The Kier molecular flexibility index (Phi) is 6.95. The number of carbonyl (C=O) groups is 1. The van der Waals surface area contributed by atoms with Crippen molar-refractivity contribution in [1.29, 1.82) is 0 Å². The summed E-state index contributed by atoms with van der Waals surface area (Å²) in [4.78, 5) is 33.1. The van der Waals surface area contributed by atoms with Crippen LogP contribution in [0.3, 0.4) is 0 Å². The number of guanidine groups is 1. The van der Waals surface area contributed by atoms with E-state index in [0.717, 1.165) is 16.3 Å². The number of nitrogens with two attached hydrogens (primary N) is 1. The van der Waals surface area contributed by atoms with Gasteiger partial charge in [-0.2, -0.15) is 4.99 Å². The van der Waals surface area contributed by atoms with Gasteiger partial charge in [0.15, 0.2) is 17.5 Å². The summed E-state index contributed by atoms with van der Waals surface area (Å²) in [7, 11) is 0. The van der Waals surface area contributed by atoms with Crippen LogP contribution in [0.2, 0.25) is 5.15 Å². The Morgan fingerprint density at radius 2 is 1.85 bits per heavy atom. The highest BCUT2D eigenvalue weighted by molar-refractivity contribution is 6.29. The molecule has 11 heteroatoms. The van der Waals surface area contributed by atoms with Crippen LogP contribution in [-0.2, 0) is 9.53 Å². The van der Waals surface area contributed by atoms with Crippen molar-refractivity contribution < 1.29 is 9.53 Å². The molecular weight excluding hydrogens is 477 g/mol. The summed E-state index contributed by atoms with van der Waals surface area (Å²) in [5.74, 6) is 0.623. The topological polar surface area (TPSA) is 109 Å². The number of carbonyl (C=O) groups excluding carboxylic acids is 1. The van der Waals surface area contributed by atoms with Gasteiger partial charge in [0.1, 0.15) is 11.5 Å². The number of aromatic nitrogens is 2. The molecular formula is C23H21Cl2N7O2. The Bertz CT molecular complexity index is 1310. The number of rotatable bonds is 3. The van der Waals surface area contributed by atoms with Gasteiger partial charge in [0, 0.05) is 44.0 Å². The number of fused-ring (bicyclic) bond motifs is 1. The van der Waals surface area contributed by atoms with E-state index < -0.39 is 5.97 Å². The first kappa shape index (κ1) is 23.5. The van der Waals surface area contributed by atoms with Crippen LogP contribution in [0.5, 0.6) is 0 Å². The summed E-state index contributed by atoms with van der Waals surface area (Å²) in [6, 6.07) is 15.3. The van der Waals surface area contributed by atoms with Crippen molar-refractivity contribution >= 4 is 58.4 Å². The maximum absolute atomic E-state index is 12.5. The molecule has 3 aromatic rings. The lowest BCUT2D eigenvalue weighted by atomic mass is 10.0. The summed E-state index contributed by atoms with van der Waals surface area (Å²) < 4.78 is 5.49. The maximum atomic E-state index is 12.5. The molecule has 1 aromatic heterocycles. The van der Waals surface area contributed by atoms with Crippen LogP contribution < -0.4 is 5.73 Å². The molecule has 0 bridgehead atoms. The highest BCUT2D eigenvalue weighted by Gasteiger charge is 2.27. The molecule has 0 atom stereocenters. The number of halogens is 2. The zero-order chi connectivity index (χ0) is 22.8. The minimum atomic E-state index is -0.456. The minimum absolute atomic E-state index is 0. The number of esters is 1. The van der Waals surface area contributed by atoms with Crippen molar-refractivity contribution in [1.82, 2.24) is 19.8 Å². The molecule has 0 aliphatic carbocycles. The second-order valence-electron chi connectivity index (χ2n) is 7.54. The van der Waals surface area contributed by atoms with Gasteiger partial charge in [0.25, 0.3) is 0 Å². The number of ether oxygens (including phenoxy) is 1. The van der Waals surface area contributed by atoms with Gasteiger partial charge in [0.05, 0.1) is 0 Å². The van der Waals surface area contributed by atoms with Gasteiger partial charge in [-0.1, -0.05) is 48.0 Å². The fraction of sp³-hybridized carbons (Fsp3) is 0.174. The lowest BCUT2D eigenvalue weighted by Gasteiger charge is -2.34. The molecule has 5 rings (SSSR count). The second-order valence-corrected chi connectivity index (χ2v) is 7.93. The molecule has 174 valence electrons. The third-order valence-corrected chi connectivity index (χ3v) is 5.64. The molecule has 2 aliphatic heterocycles. The Morgan fingerprint density at radius 3 is 2.65 bits per heavy atom. The van der Waals surface area contributed by atoms with E-state index in [9.17, 15) is 4.79 Å². The van der Waals surface area contributed by atoms with Gasteiger partial charge in [-0.05, 0) is 16.8 Å². The van der Waals surface area contributed by atoms with Crippen molar-refractivity contribution in [3.63, 3.8) is 0 Å². The van der Waals surface area contributed by atoms with E-state index in [0.29, 0.717) is 49.0 Å². The van der Waals surface area contributed by atoms with E-state index in [2.05, 4.69) is 20.0 Å². The molecule has 2 N–H and O–H groups in total. The average Bonchev–Trinajstić information content (AvgIpc) is 3.19. The second kappa shape index (κ2) is 10.1. The summed E-state index contributed by atoms with van der Waals surface area (Å²) in [6.45, 7) is 2.56. The maximum Gasteiger partial charge on any atom is 0.365 e. The first-order valence-electron chi connectivity index (χ1n) is 10.4. The largest absolute Gasteiger partial charge is 0.402 e. The molecule has 2 aliphatic rings. The molecule has 1 fully saturated rings. The summed E-state index contributed by atoms with van der Waals surface area (Å²) in [5, 5.41) is 2.35. The van der Waals surface area contributed by atoms with Gasteiger partial charge in [-0.25, -0.2) is 19.8 Å². The Hall–Kier alpha value is -3.69. The van der Waals surface area contributed by atoms with E-state index >= 15 is 0 Å². The van der Waals surface area contributed by atoms with Gasteiger partial charge >= 0.3 is 5.97 Å². The number of hydrogen-bond acceptors (Lipinski definition) is 7. The molecule has 3 heterocycles. The summed E-state index contributed by atoms with van der Waals surface area (Å²) in [5.41, 5.74) is 7.21. The molecule has 0 spiro atoms. The molecule has 0 unspecified atom stereocenters. The quantitative estimate of drug-likeness (QED) is 0.194. The molecule has 9 nitrogen and oxygen atoms in total. The lowest BCUT2D eigenvalue weighted by Crippen LogP contribution is -2.49. The Morgan fingerprint density at radius 1 is 1.09 bits per heavy atom. The first-order chi connectivity index (χ1) is 16.1. The zero-order valence-corrected chi connectivity index (χ0v) is 19.5. The number of nitrogens with zero attached hydrogens (tertiary/aromatic N) is 6. The van der Waals surface area contributed by atoms with E-state index in [1.165, 1.54) is 6.33 Å². The third-order valence-electron chi connectivity index (χ3n) is 5.43. The summed E-state index contributed by atoms with van der Waals surface area (Å²) in [6.07, 6.45) is 3.08. The smallest absolute Gasteiger partial charge is 0.365 e. The Balaban J connectivity index is 0.00000274. The van der Waals surface area contributed by atoms with Crippen molar-refractivity contribution in [2.75, 3.05) is 26.2 Å². The SMILES string of the molecule is Cl.N/C(=N\c1cc(Cl)ncn1)N1CCN(C=C2N=C(c3cccc4ccccc34)OC2=O)CC1. The van der Waals surface area contributed by atoms with Crippen molar-refractivity contribution in [2.24, 2.45) is 15.7 Å². The molecule has 2 aromatic carbocycles. The van der Waals surface area contributed by atoms with Gasteiger partial charge in [0.2, 0.25) is 5.90 Å². The summed E-state index contributed by atoms with van der Waals surface area (Å²) >= 11 is 5.87. The first-order valence-corrected chi connectivity index (χ1v) is 10.8. The lowest BCUT2D eigenvalue weighted by molar-refractivity contribution is -0.130. The van der Waals surface area contributed by atoms with Crippen molar-refractivity contribution in [2.45, 2.75) is 0 Å². The van der Waals surface area contributed by atoms with Gasteiger partial charge in [-0.3, -0.25) is 0 Å². The fourth-order valence-corrected chi connectivity index (χ4v) is 3.89. The standard InChI is InChI=1S/C23H20ClN7O2.ClH/c24-19-12-20(27-14-26-19)29-23(25)31-10-8-30(9-11-31)13-18-22(32)33-21(28-18)17-7-3-5-15-4-1-2-6-16(15)17;/h1-7,12-14H,8-11H2,(H2,25,26,27,29);1H. The van der Waals surface area contributed by atoms with E-state index in [-0.39, 0.29) is 18.1 Å². The van der Waals surface area contributed by atoms with Crippen molar-refractivity contribution in [3.05, 3.63) is 77.5 Å². The molecule has 0 radical (unpaired) electrons.